The Morgan fingerprint density at radius 1 is 0.926 bits per heavy atom. The summed E-state index contributed by atoms with van der Waals surface area (Å²) < 4.78 is 22.7. The second-order valence-electron chi connectivity index (χ2n) is 5.74. The average molecular weight is 400 g/mol. The van der Waals surface area contributed by atoms with E-state index in [0.717, 1.165) is 15.9 Å². The minimum atomic E-state index is -0.542. The van der Waals surface area contributed by atoms with Crippen molar-refractivity contribution >= 4 is 27.5 Å². The number of thiophene rings is 1. The number of rotatable bonds is 10. The number of carbonyl (C=O) groups is 1. The zero-order chi connectivity index (χ0) is 20.0. The largest absolute Gasteiger partial charge is 0.459 e. The highest BCUT2D eigenvalue weighted by Gasteiger charge is 2.23. The van der Waals surface area contributed by atoms with Crippen molar-refractivity contribution in [3.8, 4) is 0 Å². The predicted molar refractivity (Wildman–Crippen MR) is 101 cm³/mol. The van der Waals surface area contributed by atoms with Crippen LogP contribution < -0.4 is 11.2 Å². The van der Waals surface area contributed by atoms with Gasteiger partial charge in [-0.25, -0.2) is 9.59 Å². The molecule has 0 spiro atoms. The van der Waals surface area contributed by atoms with Crippen LogP contribution in [-0.4, -0.2) is 62.9 Å². The lowest BCUT2D eigenvalue weighted by Gasteiger charge is -2.11. The molecule has 0 N–H and O–H groups in total. The number of aromatic nitrogens is 2. The summed E-state index contributed by atoms with van der Waals surface area (Å²) in [5, 5.41) is 0.338. The summed E-state index contributed by atoms with van der Waals surface area (Å²) in [4.78, 5) is 38.8. The van der Waals surface area contributed by atoms with Crippen LogP contribution in [0.2, 0.25) is 0 Å². The van der Waals surface area contributed by atoms with Crippen molar-refractivity contribution in [3.63, 3.8) is 0 Å². The summed E-state index contributed by atoms with van der Waals surface area (Å²) in [5.74, 6) is -0.542. The standard InChI is InChI=1S/C17H24N2O7S/c1-11-12-14(20)18(5-7-23-2)17(22)19(6-8-24-3)15(12)27-13(11)16(21)26-10-9-25-4/h5-10H2,1-4H3. The molecule has 0 radical (unpaired) electrons. The van der Waals surface area contributed by atoms with Gasteiger partial charge in [0.2, 0.25) is 0 Å². The van der Waals surface area contributed by atoms with Crippen LogP contribution in [-0.2, 0) is 32.0 Å². The van der Waals surface area contributed by atoms with Crippen molar-refractivity contribution in [3.05, 3.63) is 31.3 Å². The Kier molecular flexibility index (Phi) is 7.72. The van der Waals surface area contributed by atoms with Crippen LogP contribution in [0.1, 0.15) is 15.2 Å². The van der Waals surface area contributed by atoms with Gasteiger partial charge in [-0.05, 0) is 12.5 Å². The number of ether oxygens (including phenoxy) is 4. The van der Waals surface area contributed by atoms with E-state index in [1.54, 1.807) is 6.92 Å². The molecule has 2 rings (SSSR count). The maximum atomic E-state index is 12.9. The van der Waals surface area contributed by atoms with Crippen molar-refractivity contribution in [2.24, 2.45) is 0 Å². The van der Waals surface area contributed by atoms with E-state index in [0.29, 0.717) is 27.3 Å². The van der Waals surface area contributed by atoms with E-state index >= 15 is 0 Å². The van der Waals surface area contributed by atoms with Crippen LogP contribution >= 0.6 is 11.3 Å². The number of carbonyl (C=O) groups excluding carboxylic acids is 1. The molecule has 150 valence electrons. The third kappa shape index (κ3) is 4.46. The molecule has 0 amide bonds. The second kappa shape index (κ2) is 9.79. The molecular formula is C17H24N2O7S. The highest BCUT2D eigenvalue weighted by Crippen LogP contribution is 2.28. The first-order valence-corrected chi connectivity index (χ1v) is 9.20. The number of aryl methyl sites for hydroxylation is 1. The normalized spacial score (nSPS) is 11.3. The first kappa shape index (κ1) is 21.3. The van der Waals surface area contributed by atoms with Gasteiger partial charge in [0.15, 0.2) is 0 Å². The molecule has 0 bridgehead atoms. The van der Waals surface area contributed by atoms with E-state index in [-0.39, 0.29) is 32.9 Å². The smallest absolute Gasteiger partial charge is 0.348 e. The molecule has 0 aromatic carbocycles. The quantitative estimate of drug-likeness (QED) is 0.426. The second-order valence-corrected chi connectivity index (χ2v) is 6.74. The molecule has 2 heterocycles. The average Bonchev–Trinajstić information content (AvgIpc) is 2.99. The monoisotopic (exact) mass is 400 g/mol. The summed E-state index contributed by atoms with van der Waals surface area (Å²) in [6.07, 6.45) is 0. The molecule has 27 heavy (non-hydrogen) atoms. The lowest BCUT2D eigenvalue weighted by atomic mass is 10.2. The van der Waals surface area contributed by atoms with Crippen LogP contribution in [0.15, 0.2) is 9.59 Å². The van der Waals surface area contributed by atoms with Crippen molar-refractivity contribution in [2.75, 3.05) is 47.8 Å². The number of hydrogen-bond donors (Lipinski definition) is 0. The molecule has 0 unspecified atom stereocenters. The van der Waals surface area contributed by atoms with Crippen molar-refractivity contribution < 1.29 is 23.7 Å². The van der Waals surface area contributed by atoms with Gasteiger partial charge in [-0.3, -0.25) is 13.9 Å². The zero-order valence-electron chi connectivity index (χ0n) is 15.9. The topological polar surface area (TPSA) is 98.0 Å². The summed E-state index contributed by atoms with van der Waals surface area (Å²) in [5.41, 5.74) is -0.396. The van der Waals surface area contributed by atoms with Gasteiger partial charge in [0.05, 0.1) is 38.3 Å². The molecule has 2 aromatic rings. The zero-order valence-corrected chi connectivity index (χ0v) is 16.7. The van der Waals surface area contributed by atoms with Gasteiger partial charge in [-0.2, -0.15) is 0 Å². The lowest BCUT2D eigenvalue weighted by Crippen LogP contribution is -2.41. The minimum Gasteiger partial charge on any atom is -0.459 e. The fourth-order valence-electron chi connectivity index (χ4n) is 2.63. The molecule has 0 aliphatic heterocycles. The third-order valence-electron chi connectivity index (χ3n) is 4.04. The van der Waals surface area contributed by atoms with Gasteiger partial charge < -0.3 is 18.9 Å². The van der Waals surface area contributed by atoms with E-state index in [1.165, 1.54) is 25.9 Å². The summed E-state index contributed by atoms with van der Waals surface area (Å²) in [7, 11) is 4.54. The summed E-state index contributed by atoms with van der Waals surface area (Å²) in [6.45, 7) is 2.97. The highest BCUT2D eigenvalue weighted by atomic mass is 32.1. The number of nitrogens with zero attached hydrogens (tertiary/aromatic N) is 2. The Bertz CT molecular complexity index is 913. The van der Waals surface area contributed by atoms with Crippen LogP contribution in [0.4, 0.5) is 0 Å². The molecule has 0 aliphatic carbocycles. The maximum Gasteiger partial charge on any atom is 0.348 e. The van der Waals surface area contributed by atoms with Crippen LogP contribution in [0.5, 0.6) is 0 Å². The molecule has 0 fully saturated rings. The Morgan fingerprint density at radius 3 is 2.11 bits per heavy atom. The van der Waals surface area contributed by atoms with Gasteiger partial charge in [-0.1, -0.05) is 0 Å². The van der Waals surface area contributed by atoms with Gasteiger partial charge in [0, 0.05) is 21.3 Å². The predicted octanol–water partition coefficient (Wildman–Crippen LogP) is 0.629. The minimum absolute atomic E-state index is 0.109. The van der Waals surface area contributed by atoms with E-state index in [4.69, 9.17) is 18.9 Å². The molecule has 10 heteroatoms. The SMILES string of the molecule is COCCOC(=O)c1sc2c(c1C)c(=O)n(CCOC)c(=O)n2CCOC. The summed E-state index contributed by atoms with van der Waals surface area (Å²) >= 11 is 1.08. The van der Waals surface area contributed by atoms with Gasteiger partial charge in [0.25, 0.3) is 5.56 Å². The Hall–Kier alpha value is -2.01. The Labute approximate surface area is 160 Å². The third-order valence-corrected chi connectivity index (χ3v) is 5.33. The van der Waals surface area contributed by atoms with E-state index < -0.39 is 17.2 Å². The van der Waals surface area contributed by atoms with Crippen LogP contribution in [0.25, 0.3) is 10.2 Å². The molecule has 0 saturated heterocycles. The first-order chi connectivity index (χ1) is 13.0. The van der Waals surface area contributed by atoms with Gasteiger partial charge in [-0.15, -0.1) is 11.3 Å². The number of methoxy groups -OCH3 is 3. The van der Waals surface area contributed by atoms with Gasteiger partial charge in [0.1, 0.15) is 16.3 Å². The Balaban J connectivity index is 2.63. The molecule has 2 aromatic heterocycles. The highest BCUT2D eigenvalue weighted by molar-refractivity contribution is 7.20. The molecule has 9 nitrogen and oxygen atoms in total. The fraction of sp³-hybridized carbons (Fsp3) is 0.588. The van der Waals surface area contributed by atoms with Crippen molar-refractivity contribution in [2.45, 2.75) is 20.0 Å². The summed E-state index contributed by atoms with van der Waals surface area (Å²) in [6, 6.07) is 0. The lowest BCUT2D eigenvalue weighted by molar-refractivity contribution is 0.0393. The van der Waals surface area contributed by atoms with Gasteiger partial charge >= 0.3 is 11.7 Å². The van der Waals surface area contributed by atoms with E-state index in [9.17, 15) is 14.4 Å². The van der Waals surface area contributed by atoms with Crippen molar-refractivity contribution in [1.29, 1.82) is 0 Å². The number of fused-ring (bicyclic) bond motifs is 1. The van der Waals surface area contributed by atoms with Crippen molar-refractivity contribution in [1.82, 2.24) is 9.13 Å². The maximum absolute atomic E-state index is 12.9. The van der Waals surface area contributed by atoms with Crippen LogP contribution in [0, 0.1) is 6.92 Å². The van der Waals surface area contributed by atoms with E-state index in [1.807, 2.05) is 0 Å². The number of hydrogen-bond acceptors (Lipinski definition) is 8. The van der Waals surface area contributed by atoms with E-state index in [2.05, 4.69) is 0 Å². The fourth-order valence-corrected chi connectivity index (χ4v) is 3.84. The number of esters is 1. The molecule has 0 aliphatic rings. The van der Waals surface area contributed by atoms with Crippen LogP contribution in [0.3, 0.4) is 0 Å². The molecule has 0 saturated carbocycles. The molecular weight excluding hydrogens is 376 g/mol. The first-order valence-electron chi connectivity index (χ1n) is 8.38. The molecule has 0 atom stereocenters. The Morgan fingerprint density at radius 2 is 1.52 bits per heavy atom.